The van der Waals surface area contributed by atoms with Crippen LogP contribution in [0.25, 0.3) is 0 Å². The summed E-state index contributed by atoms with van der Waals surface area (Å²) in [5.74, 6) is -6.58. The fraction of sp³-hybridized carbons (Fsp3) is 0.792. The van der Waals surface area contributed by atoms with Gasteiger partial charge in [0.25, 0.3) is 20.2 Å². The third-order valence-corrected chi connectivity index (χ3v) is 10.7. The van der Waals surface area contributed by atoms with Crippen molar-refractivity contribution in [1.29, 1.82) is 0 Å². The van der Waals surface area contributed by atoms with Crippen molar-refractivity contribution in [3.63, 3.8) is 0 Å². The van der Waals surface area contributed by atoms with Gasteiger partial charge in [-0.15, -0.1) is 0 Å². The summed E-state index contributed by atoms with van der Waals surface area (Å²) >= 11 is 0. The molecule has 4 aliphatic rings. The van der Waals surface area contributed by atoms with Gasteiger partial charge in [0.05, 0.1) is 12.5 Å². The number of hydrogen-bond donors (Lipinski definition) is 1. The van der Waals surface area contributed by atoms with Gasteiger partial charge in [0, 0.05) is 29.6 Å². The van der Waals surface area contributed by atoms with Gasteiger partial charge in [0.1, 0.15) is 17.8 Å². The summed E-state index contributed by atoms with van der Waals surface area (Å²) in [6.07, 6.45) is -2.60. The van der Waals surface area contributed by atoms with E-state index in [1.807, 2.05) is 0 Å². The van der Waals surface area contributed by atoms with E-state index in [1.165, 1.54) is 20.8 Å². The molecule has 214 valence electrons. The topological polar surface area (TPSA) is 158 Å². The van der Waals surface area contributed by atoms with Crippen molar-refractivity contribution < 1.29 is 53.5 Å². The number of hydrogen-bond acceptors (Lipinski definition) is 10. The average molecular weight is 583 g/mol. The second-order valence-corrected chi connectivity index (χ2v) is 14.9. The number of carbonyl (C=O) groups is 3. The van der Waals surface area contributed by atoms with Gasteiger partial charge >= 0.3 is 0 Å². The number of alkyl halides is 2. The van der Waals surface area contributed by atoms with Crippen molar-refractivity contribution >= 4 is 37.6 Å². The Morgan fingerprint density at radius 3 is 2.24 bits per heavy atom. The Morgan fingerprint density at radius 2 is 1.71 bits per heavy atom. The van der Waals surface area contributed by atoms with Crippen LogP contribution in [-0.2, 0) is 43.0 Å². The molecule has 3 saturated carbocycles. The van der Waals surface area contributed by atoms with Crippen LogP contribution in [0.15, 0.2) is 11.6 Å². The predicted molar refractivity (Wildman–Crippen MR) is 128 cm³/mol. The lowest BCUT2D eigenvalue weighted by atomic mass is 9.43. The molecule has 0 bridgehead atoms. The van der Waals surface area contributed by atoms with Crippen molar-refractivity contribution in [3.8, 4) is 0 Å². The summed E-state index contributed by atoms with van der Waals surface area (Å²) in [6.45, 7) is 2.62. The quantitative estimate of drug-likeness (QED) is 0.451. The van der Waals surface area contributed by atoms with Gasteiger partial charge in [-0.3, -0.25) is 22.7 Å². The Balaban J connectivity index is 2.05. The van der Waals surface area contributed by atoms with Crippen LogP contribution < -0.4 is 0 Å². The highest BCUT2D eigenvalue weighted by Gasteiger charge is 2.79. The van der Waals surface area contributed by atoms with Crippen molar-refractivity contribution in [3.05, 3.63) is 11.6 Å². The summed E-state index contributed by atoms with van der Waals surface area (Å²) in [5, 5.41) is 11.6. The highest BCUT2D eigenvalue weighted by molar-refractivity contribution is 7.86. The van der Waals surface area contributed by atoms with Crippen LogP contribution in [0.3, 0.4) is 0 Å². The molecule has 4 aliphatic carbocycles. The first kappa shape index (κ1) is 29.4. The molecule has 10 nitrogen and oxygen atoms in total. The van der Waals surface area contributed by atoms with E-state index >= 15 is 4.39 Å². The Kier molecular flexibility index (Phi) is 6.72. The minimum Gasteiger partial charge on any atom is -0.381 e. The molecular formula is C24H32F2O10S2. The van der Waals surface area contributed by atoms with E-state index in [1.54, 1.807) is 0 Å². The van der Waals surface area contributed by atoms with E-state index in [9.17, 15) is 40.7 Å². The van der Waals surface area contributed by atoms with Crippen molar-refractivity contribution in [2.45, 2.75) is 69.9 Å². The molecule has 0 heterocycles. The van der Waals surface area contributed by atoms with E-state index in [4.69, 9.17) is 8.37 Å². The van der Waals surface area contributed by atoms with Gasteiger partial charge in [-0.1, -0.05) is 20.8 Å². The lowest BCUT2D eigenvalue weighted by Crippen LogP contribution is -2.74. The monoisotopic (exact) mass is 582 g/mol. The molecule has 9 atom stereocenters. The van der Waals surface area contributed by atoms with Crippen LogP contribution in [0.5, 0.6) is 0 Å². The molecule has 0 aliphatic heterocycles. The van der Waals surface area contributed by atoms with Gasteiger partial charge < -0.3 is 5.11 Å². The second kappa shape index (κ2) is 8.69. The molecule has 0 radical (unpaired) electrons. The molecule has 0 saturated heterocycles. The normalized spacial score (nSPS) is 45.2. The smallest absolute Gasteiger partial charge is 0.265 e. The third kappa shape index (κ3) is 3.88. The van der Waals surface area contributed by atoms with E-state index in [-0.39, 0.29) is 24.8 Å². The van der Waals surface area contributed by atoms with Crippen molar-refractivity contribution in [2.75, 3.05) is 19.2 Å². The molecule has 14 heteroatoms. The highest BCUT2D eigenvalue weighted by atomic mass is 32.2. The molecule has 0 aromatic heterocycles. The minimum atomic E-state index is -4.44. The zero-order valence-corrected chi connectivity index (χ0v) is 23.3. The number of ketones is 3. The molecule has 3 unspecified atom stereocenters. The summed E-state index contributed by atoms with van der Waals surface area (Å²) < 4.78 is 91.4. The zero-order chi connectivity index (χ0) is 28.9. The van der Waals surface area contributed by atoms with Crippen LogP contribution in [0.2, 0.25) is 0 Å². The zero-order valence-electron chi connectivity index (χ0n) is 21.7. The SMILES string of the molecule is CC1C[C@H]2[C@@H]3C(OS(C)(=O)=O)C(OS(C)(=O)=O)C4=CC(=O)CC[C@]4(C)[C@@]3(F)C(=O)C[C@]2(C)[C@@]1(O)C(=O)CF. The van der Waals surface area contributed by atoms with Gasteiger partial charge in [-0.05, 0) is 36.3 Å². The number of halogens is 2. The first-order valence-electron chi connectivity index (χ1n) is 12.2. The maximum atomic E-state index is 17.7. The molecule has 1 N–H and O–H groups in total. The summed E-state index contributed by atoms with van der Waals surface area (Å²) in [4.78, 5) is 39.0. The van der Waals surface area contributed by atoms with Crippen molar-refractivity contribution in [1.82, 2.24) is 0 Å². The minimum absolute atomic E-state index is 0.119. The maximum Gasteiger partial charge on any atom is 0.265 e. The molecule has 0 amide bonds. The van der Waals surface area contributed by atoms with Gasteiger partial charge in [-0.25, -0.2) is 8.78 Å². The molecule has 38 heavy (non-hydrogen) atoms. The predicted octanol–water partition coefficient (Wildman–Crippen LogP) is 1.21. The van der Waals surface area contributed by atoms with Crippen LogP contribution in [0.1, 0.15) is 46.5 Å². The van der Waals surface area contributed by atoms with Gasteiger partial charge in [-0.2, -0.15) is 16.8 Å². The fourth-order valence-corrected chi connectivity index (χ4v) is 9.11. The third-order valence-electron chi connectivity index (χ3n) is 9.53. The fourth-order valence-electron chi connectivity index (χ4n) is 7.90. The molecule has 4 rings (SSSR count). The number of rotatable bonds is 6. The van der Waals surface area contributed by atoms with Crippen molar-refractivity contribution in [2.24, 2.45) is 28.6 Å². The second-order valence-electron chi connectivity index (χ2n) is 11.7. The molecule has 0 aromatic carbocycles. The lowest BCUT2D eigenvalue weighted by Gasteiger charge is -2.63. The summed E-state index contributed by atoms with van der Waals surface area (Å²) in [7, 11) is -8.80. The Morgan fingerprint density at radius 1 is 1.13 bits per heavy atom. The number of aliphatic hydroxyl groups is 1. The van der Waals surface area contributed by atoms with Gasteiger partial charge in [0.2, 0.25) is 0 Å². The summed E-state index contributed by atoms with van der Waals surface area (Å²) in [6, 6.07) is 0. The molecular weight excluding hydrogens is 550 g/mol. The largest absolute Gasteiger partial charge is 0.381 e. The van der Waals surface area contributed by atoms with E-state index < -0.39 is 103 Å². The molecule has 3 fully saturated rings. The highest BCUT2D eigenvalue weighted by Crippen LogP contribution is 2.71. The standard InChI is InChI=1S/C24H32F2O10S2/c1-12-8-14-18-20(36-38(5,33)34)19(35-37(4,31)32)15-9-13(27)6-7-21(15,2)23(18,26)16(28)10-22(14,3)24(12,30)17(29)11-25/h9,12,14,18-20,30H,6-8,10-11H2,1-5H3/t12?,14-,18+,19?,20?,21-,22-,23+,24-/m0/s1. The van der Waals surface area contributed by atoms with E-state index in [0.717, 1.165) is 6.08 Å². The number of fused-ring (bicyclic) bond motifs is 5. The maximum absolute atomic E-state index is 17.7. The van der Waals surface area contributed by atoms with Crippen LogP contribution >= 0.6 is 0 Å². The van der Waals surface area contributed by atoms with Crippen LogP contribution in [-0.4, -0.2) is 82.0 Å². The van der Waals surface area contributed by atoms with E-state index in [2.05, 4.69) is 0 Å². The Hall–Kier alpha value is -1.61. The molecule has 0 aromatic rings. The van der Waals surface area contributed by atoms with Crippen LogP contribution in [0.4, 0.5) is 8.78 Å². The summed E-state index contributed by atoms with van der Waals surface area (Å²) in [5.41, 5.74) is -9.02. The molecule has 0 spiro atoms. The first-order chi connectivity index (χ1) is 17.2. The van der Waals surface area contributed by atoms with E-state index in [0.29, 0.717) is 12.5 Å². The van der Waals surface area contributed by atoms with Crippen LogP contribution in [0, 0.1) is 28.6 Å². The number of carbonyl (C=O) groups excluding carboxylic acids is 3. The average Bonchev–Trinajstić information content (AvgIpc) is 2.97. The number of Topliss-reactive ketones (excluding diaryl/α,β-unsaturated/α-hetero) is 2. The first-order valence-corrected chi connectivity index (χ1v) is 15.9. The lowest BCUT2D eigenvalue weighted by molar-refractivity contribution is -0.211. The van der Waals surface area contributed by atoms with Gasteiger partial charge in [0.15, 0.2) is 29.7 Å². The Bertz CT molecular complexity index is 1340. The Labute approximate surface area is 220 Å².